The molecule has 1 N–H and O–H groups in total. The molecule has 0 spiro atoms. The first-order valence-corrected chi connectivity index (χ1v) is 8.41. The van der Waals surface area contributed by atoms with Crippen molar-refractivity contribution in [1.82, 2.24) is 0 Å². The third-order valence-electron chi connectivity index (χ3n) is 4.48. The number of benzene rings is 2. The van der Waals surface area contributed by atoms with E-state index in [1.165, 1.54) is 6.07 Å². The first kappa shape index (κ1) is 17.7. The molecule has 134 valence electrons. The number of aromatic hydroxyl groups is 1. The standard InChI is InChI=1S/C20H19NO5/c22-12-14-3-1-4-16(11-14)21-15(7-8-20(21)25)9-10-26-19-6-2-5-18(24)17(19)13-23/h1-6,11-13,15,24H,7-10H2/t15-/m0/s1. The summed E-state index contributed by atoms with van der Waals surface area (Å²) in [5, 5.41) is 9.68. The molecule has 2 aromatic rings. The first-order chi connectivity index (χ1) is 12.6. The molecule has 0 aliphatic carbocycles. The molecule has 0 aromatic heterocycles. The van der Waals surface area contributed by atoms with E-state index in [2.05, 4.69) is 0 Å². The third kappa shape index (κ3) is 3.59. The van der Waals surface area contributed by atoms with Crippen molar-refractivity contribution >= 4 is 24.2 Å². The molecule has 2 aromatic carbocycles. The maximum atomic E-state index is 12.3. The monoisotopic (exact) mass is 353 g/mol. The van der Waals surface area contributed by atoms with E-state index in [1.807, 2.05) is 6.07 Å². The fourth-order valence-electron chi connectivity index (χ4n) is 3.20. The summed E-state index contributed by atoms with van der Waals surface area (Å²) in [5.74, 6) is 0.212. The highest BCUT2D eigenvalue weighted by molar-refractivity contribution is 5.97. The largest absolute Gasteiger partial charge is 0.507 e. The van der Waals surface area contributed by atoms with Crippen molar-refractivity contribution in [2.24, 2.45) is 0 Å². The molecule has 0 radical (unpaired) electrons. The van der Waals surface area contributed by atoms with Gasteiger partial charge < -0.3 is 14.7 Å². The number of amides is 1. The van der Waals surface area contributed by atoms with Crippen molar-refractivity contribution in [2.45, 2.75) is 25.3 Å². The van der Waals surface area contributed by atoms with Gasteiger partial charge in [-0.2, -0.15) is 0 Å². The Morgan fingerprint density at radius 1 is 1.15 bits per heavy atom. The van der Waals surface area contributed by atoms with Crippen LogP contribution in [-0.2, 0) is 4.79 Å². The van der Waals surface area contributed by atoms with E-state index >= 15 is 0 Å². The predicted molar refractivity (Wildman–Crippen MR) is 95.9 cm³/mol. The molecular weight excluding hydrogens is 334 g/mol. The number of hydrogen-bond donors (Lipinski definition) is 1. The van der Waals surface area contributed by atoms with Gasteiger partial charge in [-0.15, -0.1) is 0 Å². The lowest BCUT2D eigenvalue weighted by Crippen LogP contribution is -2.34. The second kappa shape index (κ2) is 7.82. The summed E-state index contributed by atoms with van der Waals surface area (Å²) >= 11 is 0. The third-order valence-corrected chi connectivity index (χ3v) is 4.48. The zero-order valence-electron chi connectivity index (χ0n) is 14.1. The Kier molecular flexibility index (Phi) is 5.31. The van der Waals surface area contributed by atoms with Crippen LogP contribution >= 0.6 is 0 Å². The minimum absolute atomic E-state index is 0.0176. The van der Waals surface area contributed by atoms with Crippen LogP contribution < -0.4 is 9.64 Å². The SMILES string of the molecule is O=Cc1cccc(N2C(=O)CC[C@H]2CCOc2cccc(O)c2C=O)c1. The smallest absolute Gasteiger partial charge is 0.227 e. The Labute approximate surface area is 151 Å². The molecule has 1 aliphatic rings. The Balaban J connectivity index is 1.69. The quantitative estimate of drug-likeness (QED) is 0.774. The van der Waals surface area contributed by atoms with Crippen molar-refractivity contribution in [1.29, 1.82) is 0 Å². The summed E-state index contributed by atoms with van der Waals surface area (Å²) in [4.78, 5) is 36.1. The van der Waals surface area contributed by atoms with Gasteiger partial charge in [0.25, 0.3) is 0 Å². The highest BCUT2D eigenvalue weighted by Crippen LogP contribution is 2.30. The lowest BCUT2D eigenvalue weighted by molar-refractivity contribution is -0.117. The summed E-state index contributed by atoms with van der Waals surface area (Å²) in [6, 6.07) is 11.6. The number of carbonyl (C=O) groups is 3. The average molecular weight is 353 g/mol. The van der Waals surface area contributed by atoms with Crippen LogP contribution in [-0.4, -0.2) is 36.2 Å². The van der Waals surface area contributed by atoms with E-state index in [4.69, 9.17) is 4.74 Å². The molecular formula is C20H19NO5. The van der Waals surface area contributed by atoms with Crippen LogP contribution in [0.25, 0.3) is 0 Å². The topological polar surface area (TPSA) is 83.9 Å². The van der Waals surface area contributed by atoms with Gasteiger partial charge in [-0.3, -0.25) is 14.4 Å². The highest BCUT2D eigenvalue weighted by Gasteiger charge is 2.32. The van der Waals surface area contributed by atoms with Crippen LogP contribution in [0.15, 0.2) is 42.5 Å². The Morgan fingerprint density at radius 2 is 1.96 bits per heavy atom. The van der Waals surface area contributed by atoms with Gasteiger partial charge in [-0.25, -0.2) is 0 Å². The molecule has 26 heavy (non-hydrogen) atoms. The molecule has 1 amide bonds. The zero-order chi connectivity index (χ0) is 18.5. The van der Waals surface area contributed by atoms with Gasteiger partial charge in [0.05, 0.1) is 12.2 Å². The first-order valence-electron chi connectivity index (χ1n) is 8.41. The summed E-state index contributed by atoms with van der Waals surface area (Å²) < 4.78 is 5.65. The Hall–Kier alpha value is -3.15. The molecule has 6 heteroatoms. The van der Waals surface area contributed by atoms with Gasteiger partial charge in [0.2, 0.25) is 5.91 Å². The average Bonchev–Trinajstić information content (AvgIpc) is 3.02. The fourth-order valence-corrected chi connectivity index (χ4v) is 3.20. The molecule has 0 bridgehead atoms. The molecule has 6 nitrogen and oxygen atoms in total. The lowest BCUT2D eigenvalue weighted by Gasteiger charge is -2.25. The fraction of sp³-hybridized carbons (Fsp3) is 0.250. The number of rotatable bonds is 7. The van der Waals surface area contributed by atoms with Crippen molar-refractivity contribution in [3.63, 3.8) is 0 Å². The summed E-state index contributed by atoms with van der Waals surface area (Å²) in [5.41, 5.74) is 1.34. The van der Waals surface area contributed by atoms with Gasteiger partial charge in [0.15, 0.2) is 6.29 Å². The number of phenolic OH excluding ortho intramolecular Hbond substituents is 1. The van der Waals surface area contributed by atoms with E-state index in [0.717, 1.165) is 6.29 Å². The van der Waals surface area contributed by atoms with E-state index in [1.54, 1.807) is 35.2 Å². The number of ether oxygens (including phenoxy) is 1. The number of phenols is 1. The summed E-state index contributed by atoms with van der Waals surface area (Å²) in [7, 11) is 0. The van der Waals surface area contributed by atoms with Crippen molar-refractivity contribution < 1.29 is 24.2 Å². The summed E-state index contributed by atoms with van der Waals surface area (Å²) in [6.45, 7) is 0.298. The molecule has 1 saturated heterocycles. The molecule has 0 saturated carbocycles. The van der Waals surface area contributed by atoms with Crippen LogP contribution in [0.5, 0.6) is 11.5 Å². The maximum absolute atomic E-state index is 12.3. The molecule has 1 aliphatic heterocycles. The number of anilines is 1. The molecule has 1 heterocycles. The van der Waals surface area contributed by atoms with E-state index in [9.17, 15) is 19.5 Å². The molecule has 3 rings (SSSR count). The molecule has 1 fully saturated rings. The van der Waals surface area contributed by atoms with Gasteiger partial charge in [0, 0.05) is 30.1 Å². The highest BCUT2D eigenvalue weighted by atomic mass is 16.5. The normalized spacial score (nSPS) is 16.5. The van der Waals surface area contributed by atoms with Crippen molar-refractivity contribution in [3.05, 3.63) is 53.6 Å². The second-order valence-electron chi connectivity index (χ2n) is 6.11. The molecule has 1 atom stereocenters. The van der Waals surface area contributed by atoms with Gasteiger partial charge in [0.1, 0.15) is 17.8 Å². The van der Waals surface area contributed by atoms with Crippen LogP contribution in [0.4, 0.5) is 5.69 Å². The van der Waals surface area contributed by atoms with Gasteiger partial charge in [-0.05, 0) is 30.7 Å². The van der Waals surface area contributed by atoms with Crippen molar-refractivity contribution in [2.75, 3.05) is 11.5 Å². The van der Waals surface area contributed by atoms with Crippen LogP contribution in [0.2, 0.25) is 0 Å². The van der Waals surface area contributed by atoms with Gasteiger partial charge >= 0.3 is 0 Å². The second-order valence-corrected chi connectivity index (χ2v) is 6.11. The summed E-state index contributed by atoms with van der Waals surface area (Å²) in [6.07, 6.45) is 3.03. The van der Waals surface area contributed by atoms with E-state index in [-0.39, 0.29) is 23.3 Å². The number of nitrogens with zero attached hydrogens (tertiary/aromatic N) is 1. The molecule has 0 unspecified atom stereocenters. The zero-order valence-corrected chi connectivity index (χ0v) is 14.1. The Bertz CT molecular complexity index is 833. The number of hydrogen-bond acceptors (Lipinski definition) is 5. The van der Waals surface area contributed by atoms with Crippen LogP contribution in [0.1, 0.15) is 40.0 Å². The number of aldehydes is 2. The number of carbonyl (C=O) groups excluding carboxylic acids is 3. The minimum Gasteiger partial charge on any atom is -0.507 e. The lowest BCUT2D eigenvalue weighted by atomic mass is 10.1. The predicted octanol–water partition coefficient (Wildman–Crippen LogP) is 2.98. The van der Waals surface area contributed by atoms with Gasteiger partial charge in [-0.1, -0.05) is 18.2 Å². The van der Waals surface area contributed by atoms with E-state index in [0.29, 0.717) is 49.2 Å². The minimum atomic E-state index is -0.124. The Morgan fingerprint density at radius 3 is 2.73 bits per heavy atom. The van der Waals surface area contributed by atoms with Crippen LogP contribution in [0.3, 0.4) is 0 Å². The van der Waals surface area contributed by atoms with Crippen LogP contribution in [0, 0.1) is 0 Å². The van der Waals surface area contributed by atoms with E-state index < -0.39 is 0 Å². The maximum Gasteiger partial charge on any atom is 0.227 e. The van der Waals surface area contributed by atoms with Crippen molar-refractivity contribution in [3.8, 4) is 11.5 Å².